The van der Waals surface area contributed by atoms with Gasteiger partial charge in [-0.05, 0) is 32.0 Å². The summed E-state index contributed by atoms with van der Waals surface area (Å²) in [5.41, 5.74) is 4.50. The number of H-pyrrole nitrogens is 1. The molecule has 2 N–H and O–H groups in total. The maximum atomic E-state index is 4.54. The third-order valence-electron chi connectivity index (χ3n) is 3.69. The molecule has 0 saturated heterocycles. The summed E-state index contributed by atoms with van der Waals surface area (Å²) < 4.78 is 2.00. The van der Waals surface area contributed by atoms with Crippen LogP contribution < -0.4 is 5.32 Å². The molecule has 0 aliphatic rings. The molecule has 3 heterocycles. The van der Waals surface area contributed by atoms with Gasteiger partial charge in [-0.2, -0.15) is 10.2 Å². The fraction of sp³-hybridized carbons (Fsp3) is 0.200. The molecule has 0 radical (unpaired) electrons. The Bertz CT molecular complexity index is 967. The van der Waals surface area contributed by atoms with Crippen LogP contribution in [0.25, 0.3) is 22.1 Å². The first-order valence-electron chi connectivity index (χ1n) is 7.15. The van der Waals surface area contributed by atoms with Crippen LogP contribution in [0.15, 0.2) is 30.6 Å². The Morgan fingerprint density at radius 2 is 2.09 bits per heavy atom. The van der Waals surface area contributed by atoms with Crippen molar-refractivity contribution >= 4 is 33.6 Å². The van der Waals surface area contributed by atoms with Crippen LogP contribution in [0, 0.1) is 6.92 Å². The summed E-state index contributed by atoms with van der Waals surface area (Å²) in [6.45, 7) is 4.97. The number of fused-ring (bicyclic) bond motifs is 2. The van der Waals surface area contributed by atoms with Crippen LogP contribution in [0.2, 0.25) is 0 Å². The molecular weight excluding hydrogens is 278 g/mol. The lowest BCUT2D eigenvalue weighted by atomic mass is 10.2. The number of benzene rings is 1. The molecule has 7 heteroatoms. The summed E-state index contributed by atoms with van der Waals surface area (Å²) in [6.07, 6.45) is 3.29. The van der Waals surface area contributed by atoms with Gasteiger partial charge in [0.05, 0.1) is 11.2 Å². The van der Waals surface area contributed by atoms with Crippen LogP contribution in [0.3, 0.4) is 0 Å². The molecule has 0 bridgehead atoms. The van der Waals surface area contributed by atoms with Crippen LogP contribution in [0.5, 0.6) is 0 Å². The topological polar surface area (TPSA) is 84.3 Å². The van der Waals surface area contributed by atoms with E-state index in [1.54, 1.807) is 12.4 Å². The SMILES string of the molecule is CCn1nc(C)c2cc(Nc3n[nH]c4nccnc34)ccc21. The van der Waals surface area contributed by atoms with Crippen molar-refractivity contribution in [1.29, 1.82) is 0 Å². The maximum Gasteiger partial charge on any atom is 0.180 e. The molecule has 0 aliphatic carbocycles. The molecule has 4 rings (SSSR count). The van der Waals surface area contributed by atoms with Gasteiger partial charge in [0.2, 0.25) is 0 Å². The van der Waals surface area contributed by atoms with Crippen LogP contribution in [-0.4, -0.2) is 29.9 Å². The molecule has 0 aliphatic heterocycles. The van der Waals surface area contributed by atoms with Gasteiger partial charge in [0.25, 0.3) is 0 Å². The van der Waals surface area contributed by atoms with Crippen molar-refractivity contribution in [1.82, 2.24) is 29.9 Å². The zero-order chi connectivity index (χ0) is 15.1. The van der Waals surface area contributed by atoms with Gasteiger partial charge in [-0.25, -0.2) is 9.97 Å². The Kier molecular flexibility index (Phi) is 2.78. The van der Waals surface area contributed by atoms with Crippen molar-refractivity contribution in [2.75, 3.05) is 5.32 Å². The van der Waals surface area contributed by atoms with E-state index in [0.717, 1.165) is 34.3 Å². The second-order valence-electron chi connectivity index (χ2n) is 5.08. The van der Waals surface area contributed by atoms with E-state index < -0.39 is 0 Å². The first-order valence-corrected chi connectivity index (χ1v) is 7.15. The number of aromatic amines is 1. The molecule has 3 aromatic heterocycles. The van der Waals surface area contributed by atoms with Gasteiger partial charge >= 0.3 is 0 Å². The summed E-state index contributed by atoms with van der Waals surface area (Å²) in [6, 6.07) is 6.18. The van der Waals surface area contributed by atoms with Crippen molar-refractivity contribution in [2.24, 2.45) is 0 Å². The molecular formula is C15H15N7. The van der Waals surface area contributed by atoms with Crippen molar-refractivity contribution < 1.29 is 0 Å². The number of nitrogens with one attached hydrogen (secondary N) is 2. The summed E-state index contributed by atoms with van der Waals surface area (Å²) in [5, 5.41) is 16.1. The summed E-state index contributed by atoms with van der Waals surface area (Å²) >= 11 is 0. The van der Waals surface area contributed by atoms with Crippen molar-refractivity contribution in [3.05, 3.63) is 36.3 Å². The molecule has 0 fully saturated rings. The van der Waals surface area contributed by atoms with Gasteiger partial charge in [0, 0.05) is 30.0 Å². The number of hydrogen-bond donors (Lipinski definition) is 2. The Morgan fingerprint density at radius 1 is 1.23 bits per heavy atom. The average Bonchev–Trinajstić information content (AvgIpc) is 3.09. The van der Waals surface area contributed by atoms with Crippen molar-refractivity contribution in [3.8, 4) is 0 Å². The van der Waals surface area contributed by atoms with Gasteiger partial charge in [-0.3, -0.25) is 9.78 Å². The number of hydrogen-bond acceptors (Lipinski definition) is 5. The normalized spacial score (nSPS) is 11.4. The van der Waals surface area contributed by atoms with Gasteiger partial charge < -0.3 is 5.32 Å². The Balaban J connectivity index is 1.77. The van der Waals surface area contributed by atoms with Crippen LogP contribution >= 0.6 is 0 Å². The average molecular weight is 293 g/mol. The largest absolute Gasteiger partial charge is 0.337 e. The minimum absolute atomic E-state index is 0.668. The lowest BCUT2D eigenvalue weighted by Gasteiger charge is -2.04. The highest BCUT2D eigenvalue weighted by atomic mass is 15.3. The van der Waals surface area contributed by atoms with E-state index in [-0.39, 0.29) is 0 Å². The number of nitrogens with zero attached hydrogens (tertiary/aromatic N) is 5. The minimum atomic E-state index is 0.668. The van der Waals surface area contributed by atoms with E-state index in [1.165, 1.54) is 0 Å². The Labute approximate surface area is 126 Å². The second kappa shape index (κ2) is 4.80. The quantitative estimate of drug-likeness (QED) is 0.606. The first-order chi connectivity index (χ1) is 10.8. The van der Waals surface area contributed by atoms with Gasteiger partial charge in [-0.1, -0.05) is 0 Å². The summed E-state index contributed by atoms with van der Waals surface area (Å²) in [5.74, 6) is 0.669. The van der Waals surface area contributed by atoms with E-state index in [0.29, 0.717) is 11.5 Å². The molecule has 4 aromatic rings. The van der Waals surface area contributed by atoms with Gasteiger partial charge in [0.1, 0.15) is 0 Å². The van der Waals surface area contributed by atoms with E-state index in [2.05, 4.69) is 49.6 Å². The predicted molar refractivity (Wildman–Crippen MR) is 85.1 cm³/mol. The molecule has 7 nitrogen and oxygen atoms in total. The van der Waals surface area contributed by atoms with Gasteiger partial charge in [-0.15, -0.1) is 0 Å². The van der Waals surface area contributed by atoms with Crippen LogP contribution in [-0.2, 0) is 6.54 Å². The minimum Gasteiger partial charge on any atom is -0.337 e. The molecule has 0 spiro atoms. The number of aryl methyl sites for hydroxylation is 2. The monoisotopic (exact) mass is 293 g/mol. The zero-order valence-corrected chi connectivity index (χ0v) is 12.3. The van der Waals surface area contributed by atoms with E-state index in [1.807, 2.05) is 17.7 Å². The molecule has 0 saturated carbocycles. The lowest BCUT2D eigenvalue weighted by molar-refractivity contribution is 0.676. The number of aromatic nitrogens is 6. The Hall–Kier alpha value is -2.96. The fourth-order valence-electron chi connectivity index (χ4n) is 2.64. The fourth-order valence-corrected chi connectivity index (χ4v) is 2.64. The van der Waals surface area contributed by atoms with E-state index in [9.17, 15) is 0 Å². The predicted octanol–water partition coefficient (Wildman–Crippen LogP) is 2.77. The highest BCUT2D eigenvalue weighted by molar-refractivity contribution is 5.89. The molecule has 110 valence electrons. The highest BCUT2D eigenvalue weighted by Crippen LogP contribution is 2.26. The molecule has 0 atom stereocenters. The first kappa shape index (κ1) is 12.8. The second-order valence-corrected chi connectivity index (χ2v) is 5.08. The van der Waals surface area contributed by atoms with Gasteiger partial charge in [0.15, 0.2) is 17.0 Å². The third-order valence-corrected chi connectivity index (χ3v) is 3.69. The Morgan fingerprint density at radius 3 is 2.95 bits per heavy atom. The molecule has 0 amide bonds. The van der Waals surface area contributed by atoms with Crippen LogP contribution in [0.4, 0.5) is 11.5 Å². The van der Waals surface area contributed by atoms with Crippen LogP contribution in [0.1, 0.15) is 12.6 Å². The summed E-state index contributed by atoms with van der Waals surface area (Å²) in [7, 11) is 0. The van der Waals surface area contributed by atoms with Crippen molar-refractivity contribution in [2.45, 2.75) is 20.4 Å². The third kappa shape index (κ3) is 1.90. The molecule has 1 aromatic carbocycles. The molecule has 22 heavy (non-hydrogen) atoms. The smallest absolute Gasteiger partial charge is 0.180 e. The lowest BCUT2D eigenvalue weighted by Crippen LogP contribution is -1.96. The standard InChI is InChI=1S/C15H15N7/c1-3-22-12-5-4-10(8-11(12)9(2)21-22)18-15-13-14(19-20-15)17-7-6-16-13/h4-8H,3H2,1-2H3,(H2,17,18,19,20). The van der Waals surface area contributed by atoms with E-state index in [4.69, 9.17) is 0 Å². The van der Waals surface area contributed by atoms with E-state index >= 15 is 0 Å². The maximum absolute atomic E-state index is 4.54. The highest BCUT2D eigenvalue weighted by Gasteiger charge is 2.10. The number of rotatable bonds is 3. The number of anilines is 2. The molecule has 0 unspecified atom stereocenters. The van der Waals surface area contributed by atoms with Crippen molar-refractivity contribution in [3.63, 3.8) is 0 Å². The summed E-state index contributed by atoms with van der Waals surface area (Å²) in [4.78, 5) is 8.49. The zero-order valence-electron chi connectivity index (χ0n) is 12.3.